The molecule has 100 valence electrons. The number of aromatic nitrogens is 1. The second-order valence-corrected chi connectivity index (χ2v) is 5.52. The monoisotopic (exact) mass is 248 g/mol. The van der Waals surface area contributed by atoms with Gasteiger partial charge in [0.25, 0.3) is 0 Å². The van der Waals surface area contributed by atoms with Gasteiger partial charge in [-0.1, -0.05) is 19.9 Å². The highest BCUT2D eigenvalue weighted by atomic mass is 16.5. The maximum atomic E-state index is 5.59. The van der Waals surface area contributed by atoms with E-state index in [1.807, 2.05) is 6.20 Å². The zero-order chi connectivity index (χ0) is 13.1. The molecule has 0 N–H and O–H groups in total. The minimum atomic E-state index is 0.337. The van der Waals surface area contributed by atoms with Crippen LogP contribution in [0.15, 0.2) is 18.3 Å². The van der Waals surface area contributed by atoms with Crippen molar-refractivity contribution in [3.63, 3.8) is 0 Å². The summed E-state index contributed by atoms with van der Waals surface area (Å²) >= 11 is 0. The number of nitrogens with zero attached hydrogens (tertiary/aromatic N) is 2. The number of pyridine rings is 1. The molecule has 1 aromatic rings. The average Bonchev–Trinajstić information content (AvgIpc) is 2.38. The van der Waals surface area contributed by atoms with E-state index in [9.17, 15) is 0 Å². The first kappa shape index (κ1) is 13.5. The van der Waals surface area contributed by atoms with Crippen LogP contribution in [0.2, 0.25) is 0 Å². The van der Waals surface area contributed by atoms with Gasteiger partial charge in [-0.3, -0.25) is 9.88 Å². The van der Waals surface area contributed by atoms with Crippen molar-refractivity contribution in [3.8, 4) is 0 Å². The first-order valence-electron chi connectivity index (χ1n) is 6.89. The molecule has 1 aliphatic heterocycles. The van der Waals surface area contributed by atoms with Gasteiger partial charge in [-0.25, -0.2) is 0 Å². The Labute approximate surface area is 110 Å². The van der Waals surface area contributed by atoms with E-state index in [1.165, 1.54) is 11.3 Å². The lowest BCUT2D eigenvalue weighted by Crippen LogP contribution is -2.42. The molecule has 0 aromatic carbocycles. The van der Waals surface area contributed by atoms with E-state index < -0.39 is 0 Å². The third-order valence-electron chi connectivity index (χ3n) is 3.70. The fourth-order valence-corrected chi connectivity index (χ4v) is 2.41. The third-order valence-corrected chi connectivity index (χ3v) is 3.70. The Morgan fingerprint density at radius 3 is 2.67 bits per heavy atom. The molecule has 2 atom stereocenters. The van der Waals surface area contributed by atoms with Crippen molar-refractivity contribution in [2.45, 2.75) is 45.8 Å². The molecule has 0 aliphatic carbocycles. The zero-order valence-electron chi connectivity index (χ0n) is 11.9. The van der Waals surface area contributed by atoms with E-state index in [-0.39, 0.29) is 0 Å². The highest BCUT2D eigenvalue weighted by Crippen LogP contribution is 2.23. The fourth-order valence-electron chi connectivity index (χ4n) is 2.41. The first-order chi connectivity index (χ1) is 8.58. The number of hydrogen-bond acceptors (Lipinski definition) is 3. The smallest absolute Gasteiger partial charge is 0.0674 e. The van der Waals surface area contributed by atoms with Gasteiger partial charge < -0.3 is 4.74 Å². The minimum Gasteiger partial charge on any atom is -0.376 e. The summed E-state index contributed by atoms with van der Waals surface area (Å²) in [4.78, 5) is 7.03. The van der Waals surface area contributed by atoms with Gasteiger partial charge in [0.2, 0.25) is 0 Å². The quantitative estimate of drug-likeness (QED) is 0.822. The molecule has 1 fully saturated rings. The minimum absolute atomic E-state index is 0.337. The largest absolute Gasteiger partial charge is 0.376 e. The van der Waals surface area contributed by atoms with E-state index in [0.717, 1.165) is 19.7 Å². The molecule has 1 aliphatic rings. The van der Waals surface area contributed by atoms with Gasteiger partial charge in [-0.05, 0) is 31.4 Å². The molecule has 0 radical (unpaired) electrons. The van der Waals surface area contributed by atoms with E-state index in [1.54, 1.807) is 0 Å². The van der Waals surface area contributed by atoms with Gasteiger partial charge in [0, 0.05) is 31.0 Å². The maximum Gasteiger partial charge on any atom is 0.0674 e. The Morgan fingerprint density at radius 2 is 2.11 bits per heavy atom. The van der Waals surface area contributed by atoms with Gasteiger partial charge in [0.1, 0.15) is 0 Å². The number of ether oxygens (including phenoxy) is 1. The predicted molar refractivity (Wildman–Crippen MR) is 73.7 cm³/mol. The number of rotatable bonds is 3. The number of hydrogen-bond donors (Lipinski definition) is 0. The lowest BCUT2D eigenvalue weighted by molar-refractivity contribution is -0.0320. The van der Waals surface area contributed by atoms with Crippen molar-refractivity contribution >= 4 is 0 Å². The zero-order valence-corrected chi connectivity index (χ0v) is 11.9. The van der Waals surface area contributed by atoms with E-state index in [0.29, 0.717) is 18.1 Å². The van der Waals surface area contributed by atoms with Gasteiger partial charge in [-0.15, -0.1) is 0 Å². The van der Waals surface area contributed by atoms with Gasteiger partial charge in [0.05, 0.1) is 12.7 Å². The Balaban J connectivity index is 2.05. The van der Waals surface area contributed by atoms with Crippen molar-refractivity contribution in [2.75, 3.05) is 19.7 Å². The lowest BCUT2D eigenvalue weighted by atomic mass is 10.0. The highest BCUT2D eigenvalue weighted by Gasteiger charge is 2.22. The molecule has 0 bridgehead atoms. The van der Waals surface area contributed by atoms with Crippen molar-refractivity contribution in [2.24, 2.45) is 0 Å². The summed E-state index contributed by atoms with van der Waals surface area (Å²) in [6.07, 6.45) is 2.37. The molecular weight excluding hydrogens is 224 g/mol. The Morgan fingerprint density at radius 1 is 1.33 bits per heavy atom. The van der Waals surface area contributed by atoms with Gasteiger partial charge in [0.15, 0.2) is 0 Å². The molecule has 3 heteroatoms. The first-order valence-corrected chi connectivity index (χ1v) is 6.89. The third kappa shape index (κ3) is 3.09. The molecule has 1 aromatic heterocycles. The summed E-state index contributed by atoms with van der Waals surface area (Å²) < 4.78 is 5.59. The van der Waals surface area contributed by atoms with Gasteiger partial charge in [-0.2, -0.15) is 0 Å². The topological polar surface area (TPSA) is 25.4 Å². The summed E-state index contributed by atoms with van der Waals surface area (Å²) in [6, 6.07) is 4.79. The molecule has 1 saturated heterocycles. The predicted octanol–water partition coefficient (Wildman–Crippen LogP) is 2.99. The number of morpholine rings is 1. The Kier molecular flexibility index (Phi) is 4.36. The van der Waals surface area contributed by atoms with Crippen LogP contribution in [-0.4, -0.2) is 35.7 Å². The van der Waals surface area contributed by atoms with Crippen molar-refractivity contribution in [1.82, 2.24) is 9.88 Å². The summed E-state index contributed by atoms with van der Waals surface area (Å²) in [6.45, 7) is 11.6. The lowest BCUT2D eigenvalue weighted by Gasteiger charge is -2.35. The molecule has 0 saturated carbocycles. The Hall–Kier alpha value is -0.930. The second-order valence-electron chi connectivity index (χ2n) is 5.52. The SMILES string of the molecule is CC(C)c1ccc([C@H](C)N2CCO[C@H](C)C2)cn1. The molecular formula is C15H24N2O. The van der Waals surface area contributed by atoms with E-state index in [4.69, 9.17) is 4.74 Å². The van der Waals surface area contributed by atoms with Gasteiger partial charge >= 0.3 is 0 Å². The normalized spacial score (nSPS) is 23.3. The summed E-state index contributed by atoms with van der Waals surface area (Å²) in [5.74, 6) is 0.498. The van der Waals surface area contributed by atoms with Crippen molar-refractivity contribution < 1.29 is 4.74 Å². The molecule has 3 nitrogen and oxygen atoms in total. The molecule has 0 unspecified atom stereocenters. The van der Waals surface area contributed by atoms with Crippen LogP contribution in [0.3, 0.4) is 0 Å². The average molecular weight is 248 g/mol. The van der Waals surface area contributed by atoms with Crippen LogP contribution in [0.1, 0.15) is 50.9 Å². The molecule has 0 spiro atoms. The van der Waals surface area contributed by atoms with Crippen LogP contribution in [0.4, 0.5) is 0 Å². The highest BCUT2D eigenvalue weighted by molar-refractivity contribution is 5.19. The molecule has 0 amide bonds. The van der Waals surface area contributed by atoms with Crippen LogP contribution in [0.5, 0.6) is 0 Å². The van der Waals surface area contributed by atoms with Crippen molar-refractivity contribution in [3.05, 3.63) is 29.6 Å². The molecule has 2 heterocycles. The molecule has 2 rings (SSSR count). The maximum absolute atomic E-state index is 5.59. The summed E-state index contributed by atoms with van der Waals surface area (Å²) in [5.41, 5.74) is 2.47. The fraction of sp³-hybridized carbons (Fsp3) is 0.667. The van der Waals surface area contributed by atoms with Crippen LogP contribution in [-0.2, 0) is 4.74 Å². The van der Waals surface area contributed by atoms with Crippen molar-refractivity contribution in [1.29, 1.82) is 0 Å². The van der Waals surface area contributed by atoms with Crippen LogP contribution in [0, 0.1) is 0 Å². The standard InChI is InChI=1S/C15H24N2O/c1-11(2)15-6-5-14(9-16-15)13(4)17-7-8-18-12(3)10-17/h5-6,9,11-13H,7-8,10H2,1-4H3/t12-,13+/m1/s1. The Bertz CT molecular complexity index is 375. The van der Waals surface area contributed by atoms with Crippen LogP contribution < -0.4 is 0 Å². The summed E-state index contributed by atoms with van der Waals surface area (Å²) in [7, 11) is 0. The molecule has 18 heavy (non-hydrogen) atoms. The summed E-state index contributed by atoms with van der Waals surface area (Å²) in [5, 5.41) is 0. The van der Waals surface area contributed by atoms with E-state index >= 15 is 0 Å². The van der Waals surface area contributed by atoms with E-state index in [2.05, 4.69) is 49.7 Å². The van der Waals surface area contributed by atoms with Crippen LogP contribution >= 0.6 is 0 Å². The van der Waals surface area contributed by atoms with Crippen LogP contribution in [0.25, 0.3) is 0 Å². The second kappa shape index (κ2) is 5.81.